The molecule has 0 aliphatic carbocycles. The first kappa shape index (κ1) is 17.5. The van der Waals surface area contributed by atoms with Gasteiger partial charge in [-0.25, -0.2) is 0 Å². The highest BCUT2D eigenvalue weighted by Crippen LogP contribution is 2.29. The second-order valence-electron chi connectivity index (χ2n) is 7.21. The molecule has 3 heterocycles. The molecule has 2 N–H and O–H groups in total. The summed E-state index contributed by atoms with van der Waals surface area (Å²) in [6, 6.07) is 3.95. The average molecular weight is 336 g/mol. The molecule has 0 unspecified atom stereocenters. The lowest BCUT2D eigenvalue weighted by Gasteiger charge is -2.31. The Labute approximate surface area is 143 Å². The van der Waals surface area contributed by atoms with E-state index in [0.29, 0.717) is 23.6 Å². The maximum Gasteiger partial charge on any atom is 0.287 e. The maximum atomic E-state index is 12.5. The Bertz CT molecular complexity index is 551. The number of aliphatic hydroxyl groups excluding tert-OH is 1. The van der Waals surface area contributed by atoms with Gasteiger partial charge in [0.15, 0.2) is 5.76 Å². The lowest BCUT2D eigenvalue weighted by molar-refractivity contribution is 0.0401. The average Bonchev–Trinajstić information content (AvgIpc) is 3.22. The molecule has 0 bridgehead atoms. The second kappa shape index (κ2) is 7.68. The number of carbonyl (C=O) groups is 1. The van der Waals surface area contributed by atoms with Crippen molar-refractivity contribution in [3.05, 3.63) is 23.7 Å². The van der Waals surface area contributed by atoms with Crippen LogP contribution in [0, 0.1) is 11.8 Å². The van der Waals surface area contributed by atoms with Gasteiger partial charge >= 0.3 is 0 Å². The molecule has 2 fully saturated rings. The normalized spacial score (nSPS) is 26.2. The fraction of sp³-hybridized carbons (Fsp3) is 0.722. The molecule has 2 aliphatic heterocycles. The van der Waals surface area contributed by atoms with Crippen LogP contribution in [0.3, 0.4) is 0 Å². The zero-order chi connectivity index (χ0) is 17.1. The van der Waals surface area contributed by atoms with E-state index in [1.54, 1.807) is 12.1 Å². The third kappa shape index (κ3) is 3.82. The number of furan rings is 1. The van der Waals surface area contributed by atoms with Crippen molar-refractivity contribution in [2.75, 3.05) is 26.3 Å². The van der Waals surface area contributed by atoms with Crippen molar-refractivity contribution in [1.82, 2.24) is 10.2 Å². The van der Waals surface area contributed by atoms with Crippen LogP contribution in [-0.2, 0) is 11.3 Å². The summed E-state index contributed by atoms with van der Waals surface area (Å²) in [6.45, 7) is 7.81. The van der Waals surface area contributed by atoms with Gasteiger partial charge < -0.3 is 19.6 Å². The Kier molecular flexibility index (Phi) is 5.58. The molecular weight excluding hydrogens is 308 g/mol. The highest BCUT2D eigenvalue weighted by atomic mass is 16.5. The zero-order valence-corrected chi connectivity index (χ0v) is 14.5. The molecule has 6 heteroatoms. The molecular formula is C18H28N2O4. The molecule has 2 atom stereocenters. The van der Waals surface area contributed by atoms with Crippen molar-refractivity contribution < 1.29 is 19.1 Å². The number of amides is 1. The smallest absolute Gasteiger partial charge is 0.287 e. The number of rotatable bonds is 5. The van der Waals surface area contributed by atoms with Crippen molar-refractivity contribution in [3.8, 4) is 0 Å². The van der Waals surface area contributed by atoms with E-state index in [9.17, 15) is 4.79 Å². The van der Waals surface area contributed by atoms with Crippen LogP contribution in [0.5, 0.6) is 0 Å². The van der Waals surface area contributed by atoms with E-state index in [-0.39, 0.29) is 24.3 Å². The van der Waals surface area contributed by atoms with Gasteiger partial charge in [0.05, 0.1) is 0 Å². The Hall–Kier alpha value is -1.37. The van der Waals surface area contributed by atoms with E-state index in [1.165, 1.54) is 0 Å². The van der Waals surface area contributed by atoms with Crippen LogP contribution in [0.4, 0.5) is 0 Å². The van der Waals surface area contributed by atoms with Crippen LogP contribution in [-0.4, -0.2) is 54.3 Å². The Morgan fingerprint density at radius 1 is 1.33 bits per heavy atom. The van der Waals surface area contributed by atoms with Crippen molar-refractivity contribution in [2.24, 2.45) is 11.8 Å². The van der Waals surface area contributed by atoms with E-state index < -0.39 is 0 Å². The second-order valence-corrected chi connectivity index (χ2v) is 7.21. The molecule has 2 saturated heterocycles. The van der Waals surface area contributed by atoms with Crippen molar-refractivity contribution in [1.29, 1.82) is 0 Å². The number of carbonyl (C=O) groups excluding carboxylic acids is 1. The molecule has 0 saturated carbocycles. The van der Waals surface area contributed by atoms with Crippen molar-refractivity contribution >= 4 is 5.91 Å². The van der Waals surface area contributed by atoms with E-state index in [2.05, 4.69) is 24.1 Å². The number of aliphatic hydroxyl groups is 1. The molecule has 134 valence electrons. The Morgan fingerprint density at radius 2 is 2.08 bits per heavy atom. The third-order valence-electron chi connectivity index (χ3n) is 5.31. The van der Waals surface area contributed by atoms with Crippen LogP contribution < -0.4 is 5.32 Å². The minimum atomic E-state index is -0.195. The highest BCUT2D eigenvalue weighted by Gasteiger charge is 2.39. The van der Waals surface area contributed by atoms with Gasteiger partial charge in [-0.2, -0.15) is 0 Å². The van der Waals surface area contributed by atoms with E-state index in [4.69, 9.17) is 14.3 Å². The summed E-state index contributed by atoms with van der Waals surface area (Å²) < 4.78 is 10.8. The van der Waals surface area contributed by atoms with Crippen LogP contribution >= 0.6 is 0 Å². The third-order valence-corrected chi connectivity index (χ3v) is 5.31. The number of hydrogen-bond acceptors (Lipinski definition) is 5. The predicted octanol–water partition coefficient (Wildman–Crippen LogP) is 1.64. The molecule has 3 rings (SSSR count). The maximum absolute atomic E-state index is 12.5. The van der Waals surface area contributed by atoms with Crippen molar-refractivity contribution in [3.63, 3.8) is 0 Å². The Balaban J connectivity index is 1.64. The Morgan fingerprint density at radius 3 is 2.71 bits per heavy atom. The molecule has 0 spiro atoms. The van der Waals surface area contributed by atoms with Gasteiger partial charge in [0.2, 0.25) is 0 Å². The summed E-state index contributed by atoms with van der Waals surface area (Å²) in [6.07, 6.45) is 2.15. The fourth-order valence-corrected chi connectivity index (χ4v) is 3.86. The number of hydrogen-bond donors (Lipinski definition) is 2. The highest BCUT2D eigenvalue weighted by molar-refractivity contribution is 5.91. The minimum Gasteiger partial charge on any atom is -0.453 e. The lowest BCUT2D eigenvalue weighted by Crippen LogP contribution is -2.43. The quantitative estimate of drug-likeness (QED) is 0.855. The molecule has 24 heavy (non-hydrogen) atoms. The predicted molar refractivity (Wildman–Crippen MR) is 89.6 cm³/mol. The summed E-state index contributed by atoms with van der Waals surface area (Å²) in [5, 5.41) is 12.2. The topological polar surface area (TPSA) is 74.9 Å². The van der Waals surface area contributed by atoms with Gasteiger partial charge in [-0.05, 0) is 36.8 Å². The minimum absolute atomic E-state index is 0.128. The SMILES string of the molecule is CC(C)[C@H]1CN(C2CCOCC2)C[C@@H]1NC(=O)c1ccc(CO)o1. The van der Waals surface area contributed by atoms with E-state index in [1.807, 2.05) is 0 Å². The van der Waals surface area contributed by atoms with Gasteiger partial charge in [-0.3, -0.25) is 9.69 Å². The standard InChI is InChI=1S/C18H28N2O4/c1-12(2)15-9-20(13-5-7-23-8-6-13)10-16(15)19-18(22)17-4-3-14(11-21)24-17/h3-4,12-13,15-16,21H,5-11H2,1-2H3,(H,19,22)/t15-,16+/m1/s1. The number of ether oxygens (including phenoxy) is 1. The molecule has 1 aromatic rings. The van der Waals surface area contributed by atoms with E-state index in [0.717, 1.165) is 39.1 Å². The van der Waals surface area contributed by atoms with Crippen LogP contribution in [0.15, 0.2) is 16.5 Å². The first-order chi connectivity index (χ1) is 11.6. The van der Waals surface area contributed by atoms with Gasteiger partial charge in [0.25, 0.3) is 5.91 Å². The van der Waals surface area contributed by atoms with Gasteiger partial charge in [-0.15, -0.1) is 0 Å². The number of nitrogens with zero attached hydrogens (tertiary/aromatic N) is 1. The molecule has 1 aromatic heterocycles. The van der Waals surface area contributed by atoms with Crippen LogP contribution in [0.25, 0.3) is 0 Å². The van der Waals surface area contributed by atoms with Gasteiger partial charge in [-0.1, -0.05) is 13.8 Å². The number of likely N-dealkylation sites (tertiary alicyclic amines) is 1. The summed E-state index contributed by atoms with van der Waals surface area (Å²) in [4.78, 5) is 15.0. The fourth-order valence-electron chi connectivity index (χ4n) is 3.86. The first-order valence-electron chi connectivity index (χ1n) is 8.90. The summed E-state index contributed by atoms with van der Waals surface area (Å²) in [5.41, 5.74) is 0. The van der Waals surface area contributed by atoms with Crippen molar-refractivity contribution in [2.45, 2.75) is 45.4 Å². The molecule has 0 aromatic carbocycles. The van der Waals surface area contributed by atoms with E-state index >= 15 is 0 Å². The lowest BCUT2D eigenvalue weighted by atomic mass is 9.91. The van der Waals surface area contributed by atoms with Gasteiger partial charge in [0, 0.05) is 38.4 Å². The summed E-state index contributed by atoms with van der Waals surface area (Å²) in [5.74, 6) is 1.43. The monoisotopic (exact) mass is 336 g/mol. The van der Waals surface area contributed by atoms with Gasteiger partial charge in [0.1, 0.15) is 12.4 Å². The molecule has 2 aliphatic rings. The molecule has 6 nitrogen and oxygen atoms in total. The van der Waals surface area contributed by atoms with Crippen LogP contribution in [0.1, 0.15) is 43.0 Å². The molecule has 0 radical (unpaired) electrons. The zero-order valence-electron chi connectivity index (χ0n) is 14.5. The molecule has 1 amide bonds. The van der Waals surface area contributed by atoms with Crippen LogP contribution in [0.2, 0.25) is 0 Å². The number of nitrogens with one attached hydrogen (secondary N) is 1. The summed E-state index contributed by atoms with van der Waals surface area (Å²) >= 11 is 0. The largest absolute Gasteiger partial charge is 0.453 e. The first-order valence-corrected chi connectivity index (χ1v) is 8.90. The summed E-state index contributed by atoms with van der Waals surface area (Å²) in [7, 11) is 0.